The summed E-state index contributed by atoms with van der Waals surface area (Å²) in [5, 5.41) is 9.34. The Kier molecular flexibility index (Phi) is 7.27. The third-order valence-electron chi connectivity index (χ3n) is 8.42. The van der Waals surface area contributed by atoms with Gasteiger partial charge in [0, 0.05) is 56.0 Å². The average molecular weight is 544 g/mol. The highest BCUT2D eigenvalue weighted by atomic mass is 19.1. The first-order valence-corrected chi connectivity index (χ1v) is 14.2. The summed E-state index contributed by atoms with van der Waals surface area (Å²) < 4.78 is 22.2. The predicted molar refractivity (Wildman–Crippen MR) is 149 cm³/mol. The van der Waals surface area contributed by atoms with Crippen LogP contribution >= 0.6 is 0 Å². The number of benzene rings is 2. The maximum atomic E-state index is 16.1. The lowest BCUT2D eigenvalue weighted by Gasteiger charge is -2.40. The van der Waals surface area contributed by atoms with Gasteiger partial charge in [0.1, 0.15) is 11.6 Å². The average Bonchev–Trinajstić information content (AvgIpc) is 3.81. The maximum Gasteiger partial charge on any atom is 0.337 e. The van der Waals surface area contributed by atoms with Crippen molar-refractivity contribution in [1.29, 1.82) is 0 Å². The number of rotatable bonds is 8. The Morgan fingerprint density at radius 1 is 1.07 bits per heavy atom. The number of carbonyl (C=O) groups excluding carboxylic acids is 1. The van der Waals surface area contributed by atoms with Crippen molar-refractivity contribution in [3.05, 3.63) is 82.4 Å². The summed E-state index contributed by atoms with van der Waals surface area (Å²) in [6, 6.07) is 13.1. The van der Waals surface area contributed by atoms with Crippen LogP contribution in [0.25, 0.3) is 11.1 Å². The summed E-state index contributed by atoms with van der Waals surface area (Å²) >= 11 is 0. The molecular formula is C32H34FN3O4. The van der Waals surface area contributed by atoms with E-state index in [1.165, 1.54) is 12.3 Å². The highest BCUT2D eigenvalue weighted by molar-refractivity contribution is 5.99. The Morgan fingerprint density at radius 3 is 2.50 bits per heavy atom. The van der Waals surface area contributed by atoms with E-state index in [0.29, 0.717) is 42.9 Å². The Balaban J connectivity index is 1.20. The molecule has 40 heavy (non-hydrogen) atoms. The van der Waals surface area contributed by atoms with E-state index in [1.807, 2.05) is 48.2 Å². The van der Waals surface area contributed by atoms with Gasteiger partial charge in [0.15, 0.2) is 0 Å². The van der Waals surface area contributed by atoms with Crippen LogP contribution in [-0.2, 0) is 13.0 Å². The van der Waals surface area contributed by atoms with Crippen molar-refractivity contribution in [2.75, 3.05) is 26.2 Å². The number of pyridine rings is 1. The van der Waals surface area contributed by atoms with E-state index in [2.05, 4.69) is 9.88 Å². The van der Waals surface area contributed by atoms with Crippen molar-refractivity contribution in [2.24, 2.45) is 0 Å². The number of nitrogens with zero attached hydrogens (tertiary/aromatic N) is 3. The highest BCUT2D eigenvalue weighted by Crippen LogP contribution is 2.48. The Morgan fingerprint density at radius 2 is 1.82 bits per heavy atom. The number of ether oxygens (including phenoxy) is 1. The SMILES string of the molecule is CCOc1cc(-c2ccccc2)c(F)c(C2CC2)c1CN1CCC(N2CCc3ncc(C(=O)O)cc3C2=O)CC1. The lowest BCUT2D eigenvalue weighted by atomic mass is 9.93. The van der Waals surface area contributed by atoms with Crippen LogP contribution in [-0.4, -0.2) is 64.0 Å². The van der Waals surface area contributed by atoms with Gasteiger partial charge in [0.2, 0.25) is 0 Å². The first-order valence-electron chi connectivity index (χ1n) is 14.2. The molecule has 0 spiro atoms. The molecule has 2 aliphatic heterocycles. The monoisotopic (exact) mass is 543 g/mol. The normalized spacial score (nSPS) is 18.1. The van der Waals surface area contributed by atoms with Gasteiger partial charge in [-0.1, -0.05) is 30.3 Å². The molecule has 2 fully saturated rings. The number of carboxylic acid groups (broad SMARTS) is 1. The minimum atomic E-state index is -1.08. The Labute approximate surface area is 233 Å². The van der Waals surface area contributed by atoms with Crippen LogP contribution in [0.5, 0.6) is 5.75 Å². The second kappa shape index (κ2) is 11.0. The summed E-state index contributed by atoms with van der Waals surface area (Å²) in [5.74, 6) is -0.363. The second-order valence-corrected chi connectivity index (χ2v) is 11.0. The van der Waals surface area contributed by atoms with Crippen molar-refractivity contribution in [1.82, 2.24) is 14.8 Å². The molecule has 1 saturated carbocycles. The van der Waals surface area contributed by atoms with Gasteiger partial charge in [-0.15, -0.1) is 0 Å². The van der Waals surface area contributed by atoms with Crippen LogP contribution in [0.3, 0.4) is 0 Å². The van der Waals surface area contributed by atoms with Crippen LogP contribution in [0.15, 0.2) is 48.7 Å². The summed E-state index contributed by atoms with van der Waals surface area (Å²) in [7, 11) is 0. The fraction of sp³-hybridized carbons (Fsp3) is 0.406. The lowest BCUT2D eigenvalue weighted by molar-refractivity contribution is 0.0542. The standard InChI is InChI=1S/C32H34FN3O4/c1-2-40-28-17-24(20-6-4-3-5-7-20)30(33)29(21-8-9-21)26(28)19-35-13-10-23(11-14-35)36-15-12-27-25(31(36)37)16-22(18-34-27)32(38)39/h3-7,16-18,21,23H,2,8-15,19H2,1H3,(H,38,39). The first kappa shape index (κ1) is 26.4. The van der Waals surface area contributed by atoms with Gasteiger partial charge in [0.05, 0.1) is 23.4 Å². The van der Waals surface area contributed by atoms with Crippen molar-refractivity contribution < 1.29 is 23.8 Å². The van der Waals surface area contributed by atoms with Gasteiger partial charge < -0.3 is 14.7 Å². The van der Waals surface area contributed by atoms with E-state index < -0.39 is 5.97 Å². The van der Waals surface area contributed by atoms with Gasteiger partial charge in [-0.3, -0.25) is 14.7 Å². The molecule has 8 heteroatoms. The Hall–Kier alpha value is -3.78. The van der Waals surface area contributed by atoms with Crippen molar-refractivity contribution in [3.63, 3.8) is 0 Å². The molecule has 3 aromatic rings. The zero-order chi connectivity index (χ0) is 27.8. The third-order valence-corrected chi connectivity index (χ3v) is 8.42. The second-order valence-electron chi connectivity index (χ2n) is 11.0. The molecule has 0 unspecified atom stereocenters. The number of hydrogen-bond donors (Lipinski definition) is 1. The van der Waals surface area contributed by atoms with E-state index in [9.17, 15) is 14.7 Å². The van der Waals surface area contributed by atoms with Crippen molar-refractivity contribution in [2.45, 2.75) is 57.5 Å². The number of fused-ring (bicyclic) bond motifs is 1. The van der Waals surface area contributed by atoms with Gasteiger partial charge in [-0.05, 0) is 61.8 Å². The highest BCUT2D eigenvalue weighted by Gasteiger charge is 2.36. The number of amides is 1. The van der Waals surface area contributed by atoms with E-state index in [4.69, 9.17) is 4.74 Å². The third kappa shape index (κ3) is 5.08. The largest absolute Gasteiger partial charge is 0.494 e. The smallest absolute Gasteiger partial charge is 0.337 e. The number of likely N-dealkylation sites (tertiary alicyclic amines) is 1. The van der Waals surface area contributed by atoms with Crippen LogP contribution in [0.1, 0.15) is 76.1 Å². The van der Waals surface area contributed by atoms with Crippen LogP contribution in [0, 0.1) is 5.82 Å². The Bertz CT molecular complexity index is 1430. The molecule has 1 N–H and O–H groups in total. The number of piperidine rings is 1. The minimum Gasteiger partial charge on any atom is -0.494 e. The number of hydrogen-bond acceptors (Lipinski definition) is 5. The van der Waals surface area contributed by atoms with E-state index in [-0.39, 0.29) is 29.2 Å². The van der Waals surface area contributed by atoms with Crippen molar-refractivity contribution >= 4 is 11.9 Å². The molecule has 0 radical (unpaired) electrons. The minimum absolute atomic E-state index is 0.0332. The van der Waals surface area contributed by atoms with E-state index in [0.717, 1.165) is 61.2 Å². The molecule has 1 saturated heterocycles. The quantitative estimate of drug-likeness (QED) is 0.403. The van der Waals surface area contributed by atoms with Gasteiger partial charge >= 0.3 is 5.97 Å². The summed E-state index contributed by atoms with van der Waals surface area (Å²) in [4.78, 5) is 33.2. The lowest BCUT2D eigenvalue weighted by Crippen LogP contribution is -2.50. The molecule has 0 bridgehead atoms. The number of carboxylic acids is 1. The summed E-state index contributed by atoms with van der Waals surface area (Å²) in [6.45, 7) is 5.24. The zero-order valence-electron chi connectivity index (χ0n) is 22.7. The number of aromatic carboxylic acids is 1. The molecular weight excluding hydrogens is 509 g/mol. The zero-order valence-corrected chi connectivity index (χ0v) is 22.7. The number of carbonyl (C=O) groups is 2. The van der Waals surface area contributed by atoms with E-state index in [1.54, 1.807) is 0 Å². The molecule has 208 valence electrons. The summed E-state index contributed by atoms with van der Waals surface area (Å²) in [6.07, 6.45) is 5.54. The fourth-order valence-electron chi connectivity index (χ4n) is 6.20. The maximum absolute atomic E-state index is 16.1. The van der Waals surface area contributed by atoms with Gasteiger partial charge in [-0.2, -0.15) is 0 Å². The molecule has 3 heterocycles. The van der Waals surface area contributed by atoms with Crippen LogP contribution in [0.2, 0.25) is 0 Å². The number of aromatic nitrogens is 1. The first-order chi connectivity index (χ1) is 19.4. The van der Waals surface area contributed by atoms with Crippen LogP contribution in [0.4, 0.5) is 4.39 Å². The van der Waals surface area contributed by atoms with Gasteiger partial charge in [0.25, 0.3) is 5.91 Å². The molecule has 1 aliphatic carbocycles. The van der Waals surface area contributed by atoms with E-state index >= 15 is 4.39 Å². The molecule has 1 aromatic heterocycles. The van der Waals surface area contributed by atoms with Gasteiger partial charge in [-0.25, -0.2) is 9.18 Å². The molecule has 7 nitrogen and oxygen atoms in total. The van der Waals surface area contributed by atoms with Crippen molar-refractivity contribution in [3.8, 4) is 16.9 Å². The van der Waals surface area contributed by atoms with Crippen LogP contribution < -0.4 is 4.74 Å². The molecule has 2 aromatic carbocycles. The summed E-state index contributed by atoms with van der Waals surface area (Å²) in [5.41, 5.74) is 4.31. The molecule has 1 amide bonds. The topological polar surface area (TPSA) is 83.0 Å². The molecule has 6 rings (SSSR count). The fourth-order valence-corrected chi connectivity index (χ4v) is 6.20. The molecule has 0 atom stereocenters. The molecule has 3 aliphatic rings. The number of halogens is 1. The predicted octanol–water partition coefficient (Wildman–Crippen LogP) is 5.52.